The van der Waals surface area contributed by atoms with Crippen LogP contribution in [0.25, 0.3) is 5.69 Å². The molecule has 2 N–H and O–H groups in total. The number of aryl methyl sites for hydroxylation is 1. The molecule has 0 radical (unpaired) electrons. The quantitative estimate of drug-likeness (QED) is 0.787. The van der Waals surface area contributed by atoms with Crippen LogP contribution in [0.1, 0.15) is 24.2 Å². The first kappa shape index (κ1) is 12.6. The highest BCUT2D eigenvalue weighted by molar-refractivity contribution is 5.32. The van der Waals surface area contributed by atoms with E-state index < -0.39 is 0 Å². The van der Waals surface area contributed by atoms with Crippen LogP contribution in [-0.4, -0.2) is 19.6 Å². The molecular weight excluding hydrogens is 250 g/mol. The van der Waals surface area contributed by atoms with Crippen molar-refractivity contribution >= 4 is 0 Å². The zero-order valence-corrected chi connectivity index (χ0v) is 11.3. The smallest absolute Gasteiger partial charge is 0.0754 e. The summed E-state index contributed by atoms with van der Waals surface area (Å²) in [7, 11) is 0. The molecule has 0 bridgehead atoms. The maximum absolute atomic E-state index is 6.31. The zero-order chi connectivity index (χ0) is 13.9. The summed E-state index contributed by atoms with van der Waals surface area (Å²) in [5.41, 5.74) is 9.31. The molecule has 2 heterocycles. The van der Waals surface area contributed by atoms with Crippen LogP contribution in [0.3, 0.4) is 0 Å². The molecule has 1 aromatic carbocycles. The molecule has 5 nitrogen and oxygen atoms in total. The fraction of sp³-hybridized carbons (Fsp3) is 0.200. The molecule has 102 valence electrons. The summed E-state index contributed by atoms with van der Waals surface area (Å²) >= 11 is 0. The van der Waals surface area contributed by atoms with E-state index in [0.29, 0.717) is 0 Å². The van der Waals surface area contributed by atoms with Crippen LogP contribution in [0.2, 0.25) is 0 Å². The van der Waals surface area contributed by atoms with E-state index in [1.165, 1.54) is 0 Å². The second kappa shape index (κ2) is 5.30. The standard InChI is InChI=1S/C15H17N5/c1-2-19-14(8-9-17-19)15(16)12-10-18-20(11-12)13-6-4-3-5-7-13/h3-11,15H,2,16H2,1H3. The summed E-state index contributed by atoms with van der Waals surface area (Å²) in [6, 6.07) is 11.7. The van der Waals surface area contributed by atoms with Crippen molar-refractivity contribution < 1.29 is 0 Å². The number of para-hydroxylation sites is 1. The molecule has 1 unspecified atom stereocenters. The Labute approximate surface area is 117 Å². The van der Waals surface area contributed by atoms with Crippen molar-refractivity contribution in [3.63, 3.8) is 0 Å². The average Bonchev–Trinajstić information content (AvgIpc) is 3.16. The van der Waals surface area contributed by atoms with Crippen LogP contribution in [0.15, 0.2) is 55.0 Å². The summed E-state index contributed by atoms with van der Waals surface area (Å²) in [6.45, 7) is 2.86. The molecule has 3 aromatic rings. The lowest BCUT2D eigenvalue weighted by molar-refractivity contribution is 0.601. The molecule has 0 fully saturated rings. The van der Waals surface area contributed by atoms with Crippen molar-refractivity contribution in [3.05, 3.63) is 66.2 Å². The van der Waals surface area contributed by atoms with Crippen LogP contribution < -0.4 is 5.73 Å². The van der Waals surface area contributed by atoms with E-state index in [1.54, 1.807) is 6.20 Å². The highest BCUT2D eigenvalue weighted by Gasteiger charge is 2.15. The van der Waals surface area contributed by atoms with E-state index in [4.69, 9.17) is 5.73 Å². The molecule has 3 rings (SSSR count). The van der Waals surface area contributed by atoms with E-state index in [0.717, 1.165) is 23.5 Å². The SMILES string of the molecule is CCn1nccc1C(N)c1cnn(-c2ccccc2)c1. The van der Waals surface area contributed by atoms with Crippen molar-refractivity contribution in [2.75, 3.05) is 0 Å². The van der Waals surface area contributed by atoms with E-state index in [2.05, 4.69) is 17.1 Å². The maximum atomic E-state index is 6.31. The molecule has 1 atom stereocenters. The number of benzene rings is 1. The Hall–Kier alpha value is -2.40. The molecule has 0 saturated heterocycles. The molecule has 20 heavy (non-hydrogen) atoms. The largest absolute Gasteiger partial charge is 0.319 e. The normalized spacial score (nSPS) is 12.5. The lowest BCUT2D eigenvalue weighted by atomic mass is 10.1. The van der Waals surface area contributed by atoms with Gasteiger partial charge in [0.25, 0.3) is 0 Å². The second-order valence-electron chi connectivity index (χ2n) is 4.60. The van der Waals surface area contributed by atoms with Gasteiger partial charge in [-0.15, -0.1) is 0 Å². The van der Waals surface area contributed by atoms with Gasteiger partial charge in [0.15, 0.2) is 0 Å². The number of nitrogens with two attached hydrogens (primary N) is 1. The van der Waals surface area contributed by atoms with Gasteiger partial charge in [-0.05, 0) is 25.1 Å². The zero-order valence-electron chi connectivity index (χ0n) is 11.3. The second-order valence-corrected chi connectivity index (χ2v) is 4.60. The van der Waals surface area contributed by atoms with Crippen LogP contribution >= 0.6 is 0 Å². The Morgan fingerprint density at radius 1 is 1.15 bits per heavy atom. The lowest BCUT2D eigenvalue weighted by Gasteiger charge is -2.11. The number of rotatable bonds is 4. The minimum absolute atomic E-state index is 0.213. The van der Waals surface area contributed by atoms with Gasteiger partial charge >= 0.3 is 0 Å². The molecule has 0 saturated carbocycles. The van der Waals surface area contributed by atoms with Crippen molar-refractivity contribution in [3.8, 4) is 5.69 Å². The van der Waals surface area contributed by atoms with Crippen molar-refractivity contribution in [1.29, 1.82) is 0 Å². The molecular formula is C15H17N5. The van der Waals surface area contributed by atoms with Crippen molar-refractivity contribution in [1.82, 2.24) is 19.6 Å². The highest BCUT2D eigenvalue weighted by atomic mass is 15.3. The third kappa shape index (κ3) is 2.23. The minimum Gasteiger partial charge on any atom is -0.319 e. The Bertz CT molecular complexity index is 683. The van der Waals surface area contributed by atoms with Gasteiger partial charge in [0.05, 0.1) is 23.6 Å². The van der Waals surface area contributed by atoms with Gasteiger partial charge in [-0.1, -0.05) is 18.2 Å². The Kier molecular flexibility index (Phi) is 3.35. The predicted octanol–water partition coefficient (Wildman–Crippen LogP) is 2.14. The summed E-state index contributed by atoms with van der Waals surface area (Å²) in [6.07, 6.45) is 5.55. The van der Waals surface area contributed by atoms with Gasteiger partial charge in [0.2, 0.25) is 0 Å². The first-order valence-electron chi connectivity index (χ1n) is 6.67. The number of hydrogen-bond acceptors (Lipinski definition) is 3. The summed E-state index contributed by atoms with van der Waals surface area (Å²) in [4.78, 5) is 0. The van der Waals surface area contributed by atoms with Crippen molar-refractivity contribution in [2.45, 2.75) is 19.5 Å². The molecule has 0 aliphatic heterocycles. The minimum atomic E-state index is -0.213. The fourth-order valence-corrected chi connectivity index (χ4v) is 2.26. The Morgan fingerprint density at radius 2 is 1.95 bits per heavy atom. The summed E-state index contributed by atoms with van der Waals surface area (Å²) < 4.78 is 3.74. The third-order valence-electron chi connectivity index (χ3n) is 3.35. The highest BCUT2D eigenvalue weighted by Crippen LogP contribution is 2.19. The molecule has 0 aliphatic rings. The van der Waals surface area contributed by atoms with E-state index in [1.807, 2.05) is 58.2 Å². The molecule has 0 spiro atoms. The first-order valence-corrected chi connectivity index (χ1v) is 6.67. The lowest BCUT2D eigenvalue weighted by Crippen LogP contribution is -2.16. The van der Waals surface area contributed by atoms with Gasteiger partial charge in [0.1, 0.15) is 0 Å². The van der Waals surface area contributed by atoms with E-state index in [9.17, 15) is 0 Å². The summed E-state index contributed by atoms with van der Waals surface area (Å²) in [5.74, 6) is 0. The Balaban J connectivity index is 1.91. The first-order chi connectivity index (χ1) is 9.79. The number of aromatic nitrogens is 4. The van der Waals surface area contributed by atoms with Crippen LogP contribution in [0, 0.1) is 0 Å². The van der Waals surface area contributed by atoms with Gasteiger partial charge in [-0.3, -0.25) is 4.68 Å². The Morgan fingerprint density at radius 3 is 2.70 bits per heavy atom. The van der Waals surface area contributed by atoms with Gasteiger partial charge in [-0.2, -0.15) is 10.2 Å². The fourth-order valence-electron chi connectivity index (χ4n) is 2.26. The molecule has 0 aliphatic carbocycles. The molecule has 2 aromatic heterocycles. The van der Waals surface area contributed by atoms with Crippen LogP contribution in [0.5, 0.6) is 0 Å². The average molecular weight is 267 g/mol. The van der Waals surface area contributed by atoms with Crippen LogP contribution in [-0.2, 0) is 6.54 Å². The summed E-state index contributed by atoms with van der Waals surface area (Å²) in [5, 5.41) is 8.64. The number of nitrogens with zero attached hydrogens (tertiary/aromatic N) is 4. The van der Waals surface area contributed by atoms with E-state index >= 15 is 0 Å². The van der Waals surface area contributed by atoms with Crippen LogP contribution in [0.4, 0.5) is 0 Å². The molecule has 5 heteroatoms. The number of hydrogen-bond donors (Lipinski definition) is 1. The van der Waals surface area contributed by atoms with Gasteiger partial charge < -0.3 is 5.73 Å². The van der Waals surface area contributed by atoms with Crippen molar-refractivity contribution in [2.24, 2.45) is 5.73 Å². The topological polar surface area (TPSA) is 61.7 Å². The predicted molar refractivity (Wildman–Crippen MR) is 77.5 cm³/mol. The molecule has 0 amide bonds. The van der Waals surface area contributed by atoms with Gasteiger partial charge in [-0.25, -0.2) is 4.68 Å². The maximum Gasteiger partial charge on any atom is 0.0754 e. The monoisotopic (exact) mass is 267 g/mol. The third-order valence-corrected chi connectivity index (χ3v) is 3.35. The van der Waals surface area contributed by atoms with Gasteiger partial charge in [0, 0.05) is 24.5 Å². The van der Waals surface area contributed by atoms with E-state index in [-0.39, 0.29) is 6.04 Å².